The Bertz CT molecular complexity index is 544. The lowest BCUT2D eigenvalue weighted by molar-refractivity contribution is -0.149. The quantitative estimate of drug-likeness (QED) is 0.802. The zero-order valence-corrected chi connectivity index (χ0v) is 11.8. The molecule has 1 aliphatic rings. The number of halogens is 2. The average molecular weight is 306 g/mol. The number of hydrogen-bond acceptors (Lipinski definition) is 4. The van der Waals surface area contributed by atoms with Crippen molar-refractivity contribution >= 4 is 10.1 Å². The van der Waals surface area contributed by atoms with Crippen LogP contribution in [0.3, 0.4) is 0 Å². The summed E-state index contributed by atoms with van der Waals surface area (Å²) in [7, 11) is -3.87. The summed E-state index contributed by atoms with van der Waals surface area (Å²) in [6, 6.07) is 6.21. The molecule has 1 fully saturated rings. The number of rotatable bonds is 4. The van der Waals surface area contributed by atoms with Crippen LogP contribution >= 0.6 is 0 Å². The van der Waals surface area contributed by atoms with E-state index in [2.05, 4.69) is 0 Å². The molecule has 1 aromatic rings. The SMILES string of the molecule is Cc1ccc(S(=O)(=O)OCC2CCC(F)(F)CO2)cc1. The van der Waals surface area contributed by atoms with Crippen molar-refractivity contribution in [3.63, 3.8) is 0 Å². The van der Waals surface area contributed by atoms with Crippen molar-refractivity contribution in [2.75, 3.05) is 13.2 Å². The number of benzene rings is 1. The highest BCUT2D eigenvalue weighted by Crippen LogP contribution is 2.28. The fourth-order valence-electron chi connectivity index (χ4n) is 1.84. The zero-order valence-electron chi connectivity index (χ0n) is 11.0. The van der Waals surface area contributed by atoms with Gasteiger partial charge in [0.1, 0.15) is 6.61 Å². The number of ether oxygens (including phenoxy) is 1. The maximum atomic E-state index is 12.9. The van der Waals surface area contributed by atoms with E-state index in [9.17, 15) is 17.2 Å². The Morgan fingerprint density at radius 3 is 2.55 bits per heavy atom. The minimum absolute atomic E-state index is 0.0456. The van der Waals surface area contributed by atoms with Crippen molar-refractivity contribution in [1.82, 2.24) is 0 Å². The Morgan fingerprint density at radius 2 is 2.00 bits per heavy atom. The first-order valence-corrected chi connectivity index (χ1v) is 7.65. The molecule has 0 radical (unpaired) electrons. The summed E-state index contributed by atoms with van der Waals surface area (Å²) < 4.78 is 59.3. The molecule has 0 bridgehead atoms. The van der Waals surface area contributed by atoms with E-state index < -0.39 is 28.8 Å². The Labute approximate surface area is 116 Å². The van der Waals surface area contributed by atoms with Crippen molar-refractivity contribution in [2.45, 2.75) is 36.7 Å². The smallest absolute Gasteiger partial charge is 0.297 e. The second-order valence-corrected chi connectivity index (χ2v) is 6.49. The second kappa shape index (κ2) is 5.75. The van der Waals surface area contributed by atoms with Crippen molar-refractivity contribution in [1.29, 1.82) is 0 Å². The first-order chi connectivity index (χ1) is 9.28. The second-order valence-electron chi connectivity index (χ2n) is 4.88. The first-order valence-electron chi connectivity index (χ1n) is 6.24. The molecule has 112 valence electrons. The fourth-order valence-corrected chi connectivity index (χ4v) is 2.77. The summed E-state index contributed by atoms with van der Waals surface area (Å²) in [5, 5.41) is 0. The molecule has 0 amide bonds. The average Bonchev–Trinajstić information content (AvgIpc) is 2.38. The van der Waals surface area contributed by atoms with Crippen LogP contribution in [-0.4, -0.2) is 33.7 Å². The Kier molecular flexibility index (Phi) is 4.41. The third-order valence-corrected chi connectivity index (χ3v) is 4.38. The topological polar surface area (TPSA) is 52.6 Å². The Hall–Kier alpha value is -1.05. The molecule has 4 nitrogen and oxygen atoms in total. The largest absolute Gasteiger partial charge is 0.370 e. The molecule has 0 N–H and O–H groups in total. The van der Waals surface area contributed by atoms with Crippen LogP contribution in [0.5, 0.6) is 0 Å². The minimum Gasteiger partial charge on any atom is -0.370 e. The van der Waals surface area contributed by atoms with Crippen LogP contribution in [0.2, 0.25) is 0 Å². The van der Waals surface area contributed by atoms with Gasteiger partial charge in [0.05, 0.1) is 17.6 Å². The van der Waals surface area contributed by atoms with Crippen molar-refractivity contribution in [3.8, 4) is 0 Å². The highest BCUT2D eigenvalue weighted by molar-refractivity contribution is 7.86. The van der Waals surface area contributed by atoms with E-state index in [0.717, 1.165) is 5.56 Å². The summed E-state index contributed by atoms with van der Waals surface area (Å²) in [6.07, 6.45) is -0.850. The normalized spacial score (nSPS) is 22.6. The van der Waals surface area contributed by atoms with Crippen molar-refractivity contribution in [3.05, 3.63) is 29.8 Å². The highest BCUT2D eigenvalue weighted by Gasteiger charge is 2.36. The van der Waals surface area contributed by atoms with Gasteiger partial charge in [-0.3, -0.25) is 4.18 Å². The van der Waals surface area contributed by atoms with Gasteiger partial charge in [0, 0.05) is 6.42 Å². The molecule has 0 spiro atoms. The lowest BCUT2D eigenvalue weighted by Crippen LogP contribution is -2.37. The molecule has 1 aliphatic heterocycles. The number of hydrogen-bond donors (Lipinski definition) is 0. The standard InChI is InChI=1S/C13H16F2O4S/c1-10-2-4-12(5-3-10)20(16,17)19-8-11-6-7-13(14,15)9-18-11/h2-5,11H,6-9H2,1H3. The van der Waals surface area contributed by atoms with Gasteiger partial charge < -0.3 is 4.74 Å². The lowest BCUT2D eigenvalue weighted by Gasteiger charge is -2.28. The van der Waals surface area contributed by atoms with E-state index in [0.29, 0.717) is 0 Å². The lowest BCUT2D eigenvalue weighted by atomic mass is 10.1. The van der Waals surface area contributed by atoms with E-state index >= 15 is 0 Å². The molecule has 7 heteroatoms. The van der Waals surface area contributed by atoms with Crippen LogP contribution in [0.15, 0.2) is 29.2 Å². The number of aryl methyl sites for hydroxylation is 1. The van der Waals surface area contributed by atoms with Gasteiger partial charge in [0.25, 0.3) is 16.0 Å². The molecular weight excluding hydrogens is 290 g/mol. The molecule has 1 atom stereocenters. The van der Waals surface area contributed by atoms with Gasteiger partial charge in [-0.25, -0.2) is 8.78 Å². The minimum atomic E-state index is -3.87. The van der Waals surface area contributed by atoms with E-state index in [4.69, 9.17) is 8.92 Å². The first kappa shape index (κ1) is 15.3. The molecule has 1 heterocycles. The Morgan fingerprint density at radius 1 is 1.35 bits per heavy atom. The van der Waals surface area contributed by atoms with Crippen LogP contribution in [-0.2, 0) is 19.0 Å². The van der Waals surface area contributed by atoms with Crippen LogP contribution in [0.4, 0.5) is 8.78 Å². The van der Waals surface area contributed by atoms with Crippen LogP contribution in [0.1, 0.15) is 18.4 Å². The Balaban J connectivity index is 1.92. The molecule has 1 unspecified atom stereocenters. The van der Waals surface area contributed by atoms with E-state index in [1.165, 1.54) is 12.1 Å². The number of alkyl halides is 2. The third kappa shape index (κ3) is 3.97. The predicted octanol–water partition coefficient (Wildman–Crippen LogP) is 2.51. The highest BCUT2D eigenvalue weighted by atomic mass is 32.2. The van der Waals surface area contributed by atoms with Crippen molar-refractivity contribution < 1.29 is 26.1 Å². The van der Waals surface area contributed by atoms with Gasteiger partial charge in [-0.1, -0.05) is 17.7 Å². The zero-order chi connectivity index (χ0) is 14.8. The predicted molar refractivity (Wildman–Crippen MR) is 68.2 cm³/mol. The van der Waals surface area contributed by atoms with Crippen LogP contribution in [0, 0.1) is 6.92 Å². The maximum absolute atomic E-state index is 12.9. The molecule has 1 aromatic carbocycles. The van der Waals surface area contributed by atoms with Crippen LogP contribution < -0.4 is 0 Å². The molecule has 20 heavy (non-hydrogen) atoms. The van der Waals surface area contributed by atoms with Gasteiger partial charge in [0.2, 0.25) is 0 Å². The summed E-state index contributed by atoms with van der Waals surface area (Å²) in [5.41, 5.74) is 0.932. The van der Waals surface area contributed by atoms with E-state index in [-0.39, 0.29) is 24.3 Å². The molecule has 0 saturated carbocycles. The molecule has 0 aliphatic carbocycles. The summed E-state index contributed by atoms with van der Waals surface area (Å²) in [6.45, 7) is 0.908. The molecule has 0 aromatic heterocycles. The van der Waals surface area contributed by atoms with Crippen LogP contribution in [0.25, 0.3) is 0 Å². The van der Waals surface area contributed by atoms with Gasteiger partial charge in [-0.15, -0.1) is 0 Å². The molecule has 2 rings (SSSR count). The summed E-state index contributed by atoms with van der Waals surface area (Å²) in [4.78, 5) is 0.0456. The van der Waals surface area contributed by atoms with Gasteiger partial charge >= 0.3 is 0 Å². The summed E-state index contributed by atoms with van der Waals surface area (Å²) in [5.74, 6) is -2.83. The van der Waals surface area contributed by atoms with E-state index in [1.807, 2.05) is 6.92 Å². The van der Waals surface area contributed by atoms with Gasteiger partial charge in [0.15, 0.2) is 0 Å². The molecular formula is C13H16F2O4S. The van der Waals surface area contributed by atoms with E-state index in [1.54, 1.807) is 12.1 Å². The monoisotopic (exact) mass is 306 g/mol. The van der Waals surface area contributed by atoms with Gasteiger partial charge in [-0.2, -0.15) is 8.42 Å². The summed E-state index contributed by atoms with van der Waals surface area (Å²) >= 11 is 0. The van der Waals surface area contributed by atoms with Gasteiger partial charge in [-0.05, 0) is 25.5 Å². The molecule has 1 saturated heterocycles. The van der Waals surface area contributed by atoms with Crippen molar-refractivity contribution in [2.24, 2.45) is 0 Å². The fraction of sp³-hybridized carbons (Fsp3) is 0.538. The maximum Gasteiger partial charge on any atom is 0.297 e. The third-order valence-electron chi connectivity index (χ3n) is 3.08.